The number of hydrogen-bond donors (Lipinski definition) is 2. The largest absolute Gasteiger partial charge is 0.449 e. The van der Waals surface area contributed by atoms with Crippen LogP contribution in [-0.2, 0) is 4.74 Å². The molecule has 26 heavy (non-hydrogen) atoms. The molecule has 0 spiro atoms. The van der Waals surface area contributed by atoms with Gasteiger partial charge in [0.1, 0.15) is 6.61 Å². The second kappa shape index (κ2) is 6.76. The fourth-order valence-electron chi connectivity index (χ4n) is 4.45. The quantitative estimate of drug-likeness (QED) is 0.873. The highest BCUT2D eigenvalue weighted by molar-refractivity contribution is 5.79. The van der Waals surface area contributed by atoms with Crippen molar-refractivity contribution in [1.82, 2.24) is 5.32 Å². The first-order valence-corrected chi connectivity index (χ1v) is 9.35. The molecular formula is C22H25NO3. The van der Waals surface area contributed by atoms with Gasteiger partial charge in [-0.05, 0) is 35.1 Å². The Morgan fingerprint density at radius 2 is 1.77 bits per heavy atom. The summed E-state index contributed by atoms with van der Waals surface area (Å²) in [7, 11) is 0. The van der Waals surface area contributed by atoms with Crippen LogP contribution in [0.2, 0.25) is 0 Å². The minimum Gasteiger partial charge on any atom is -0.449 e. The number of rotatable bonds is 4. The van der Waals surface area contributed by atoms with Crippen molar-refractivity contribution in [1.29, 1.82) is 0 Å². The van der Waals surface area contributed by atoms with Crippen LogP contribution in [0.3, 0.4) is 0 Å². The maximum Gasteiger partial charge on any atom is 0.407 e. The molecule has 2 atom stereocenters. The van der Waals surface area contributed by atoms with E-state index < -0.39 is 6.09 Å². The van der Waals surface area contributed by atoms with Gasteiger partial charge in [-0.2, -0.15) is 0 Å². The Hall–Kier alpha value is -2.33. The Labute approximate surface area is 154 Å². The van der Waals surface area contributed by atoms with E-state index >= 15 is 0 Å². The SMILES string of the molecule is CC1(CO)CCCC1NC(=O)OCC1c2ccccc2-c2ccccc21. The van der Waals surface area contributed by atoms with Crippen molar-refractivity contribution in [2.45, 2.75) is 38.1 Å². The van der Waals surface area contributed by atoms with Gasteiger partial charge in [0.15, 0.2) is 0 Å². The number of nitrogens with one attached hydrogen (secondary N) is 1. The molecule has 0 aromatic heterocycles. The van der Waals surface area contributed by atoms with Crippen LogP contribution in [0.5, 0.6) is 0 Å². The van der Waals surface area contributed by atoms with Gasteiger partial charge in [0.05, 0.1) is 6.61 Å². The van der Waals surface area contributed by atoms with E-state index in [0.717, 1.165) is 19.3 Å². The monoisotopic (exact) mass is 351 g/mol. The van der Waals surface area contributed by atoms with Gasteiger partial charge in [-0.25, -0.2) is 4.79 Å². The molecule has 0 bridgehead atoms. The molecular weight excluding hydrogens is 326 g/mol. The topological polar surface area (TPSA) is 58.6 Å². The van der Waals surface area contributed by atoms with E-state index in [1.807, 2.05) is 31.2 Å². The Bertz CT molecular complexity index is 773. The number of aliphatic hydroxyl groups excluding tert-OH is 1. The smallest absolute Gasteiger partial charge is 0.407 e. The number of hydrogen-bond acceptors (Lipinski definition) is 3. The molecule has 0 saturated heterocycles. The summed E-state index contributed by atoms with van der Waals surface area (Å²) in [5.74, 6) is 0.0703. The van der Waals surface area contributed by atoms with Gasteiger partial charge in [0, 0.05) is 17.4 Å². The van der Waals surface area contributed by atoms with E-state index in [0.29, 0.717) is 6.61 Å². The van der Waals surface area contributed by atoms with Crippen LogP contribution in [0, 0.1) is 5.41 Å². The van der Waals surface area contributed by atoms with Crippen LogP contribution in [-0.4, -0.2) is 30.5 Å². The molecule has 4 nitrogen and oxygen atoms in total. The van der Waals surface area contributed by atoms with Crippen LogP contribution in [0.15, 0.2) is 48.5 Å². The molecule has 4 rings (SSSR count). The van der Waals surface area contributed by atoms with Crippen molar-refractivity contribution >= 4 is 6.09 Å². The normalized spacial score (nSPS) is 24.2. The second-order valence-electron chi connectivity index (χ2n) is 7.73. The number of ether oxygens (including phenoxy) is 1. The predicted octanol–water partition coefficient (Wildman–Crippen LogP) is 4.08. The van der Waals surface area contributed by atoms with Crippen molar-refractivity contribution in [3.8, 4) is 11.1 Å². The van der Waals surface area contributed by atoms with Crippen molar-refractivity contribution in [3.05, 3.63) is 59.7 Å². The molecule has 4 heteroatoms. The zero-order chi connectivity index (χ0) is 18.1. The maximum absolute atomic E-state index is 12.4. The van der Waals surface area contributed by atoms with Crippen molar-refractivity contribution in [2.24, 2.45) is 5.41 Å². The summed E-state index contributed by atoms with van der Waals surface area (Å²) >= 11 is 0. The Balaban J connectivity index is 1.46. The maximum atomic E-state index is 12.4. The zero-order valence-electron chi connectivity index (χ0n) is 15.1. The molecule has 0 heterocycles. The molecule has 2 N–H and O–H groups in total. The number of fused-ring (bicyclic) bond motifs is 3. The number of benzene rings is 2. The summed E-state index contributed by atoms with van der Waals surface area (Å²) < 4.78 is 5.61. The van der Waals surface area contributed by atoms with E-state index in [2.05, 4.69) is 29.6 Å². The van der Waals surface area contributed by atoms with Crippen molar-refractivity contribution < 1.29 is 14.6 Å². The molecule has 1 saturated carbocycles. The minimum atomic E-state index is -0.390. The van der Waals surface area contributed by atoms with Gasteiger partial charge in [-0.15, -0.1) is 0 Å². The van der Waals surface area contributed by atoms with E-state index in [-0.39, 0.29) is 24.0 Å². The number of carbonyl (C=O) groups is 1. The first kappa shape index (κ1) is 17.1. The molecule has 1 amide bonds. The highest BCUT2D eigenvalue weighted by Gasteiger charge is 2.39. The molecule has 0 radical (unpaired) electrons. The summed E-state index contributed by atoms with van der Waals surface area (Å²) in [5, 5.41) is 12.6. The molecule has 2 aromatic carbocycles. The van der Waals surface area contributed by atoms with Gasteiger partial charge in [-0.1, -0.05) is 61.9 Å². The highest BCUT2D eigenvalue weighted by atomic mass is 16.5. The number of carbonyl (C=O) groups excluding carboxylic acids is 1. The van der Waals surface area contributed by atoms with Gasteiger partial charge in [0.2, 0.25) is 0 Å². The first-order valence-electron chi connectivity index (χ1n) is 9.35. The average molecular weight is 351 g/mol. The predicted molar refractivity (Wildman–Crippen MR) is 101 cm³/mol. The number of aliphatic hydroxyl groups is 1. The highest BCUT2D eigenvalue weighted by Crippen LogP contribution is 2.44. The molecule has 0 aliphatic heterocycles. The number of alkyl carbamates (subject to hydrolysis) is 1. The van der Waals surface area contributed by atoms with Gasteiger partial charge < -0.3 is 15.2 Å². The van der Waals surface area contributed by atoms with Gasteiger partial charge in [-0.3, -0.25) is 0 Å². The fourth-order valence-corrected chi connectivity index (χ4v) is 4.45. The lowest BCUT2D eigenvalue weighted by Crippen LogP contribution is -2.45. The molecule has 1 fully saturated rings. The summed E-state index contributed by atoms with van der Waals surface area (Å²) in [5.41, 5.74) is 4.62. The average Bonchev–Trinajstić information content (AvgIpc) is 3.19. The molecule has 136 valence electrons. The third kappa shape index (κ3) is 2.88. The summed E-state index contributed by atoms with van der Waals surface area (Å²) in [6.07, 6.45) is 2.45. The molecule has 2 aromatic rings. The summed E-state index contributed by atoms with van der Waals surface area (Å²) in [6.45, 7) is 2.43. The fraction of sp³-hybridized carbons (Fsp3) is 0.409. The van der Waals surface area contributed by atoms with E-state index in [1.165, 1.54) is 22.3 Å². The summed E-state index contributed by atoms with van der Waals surface area (Å²) in [4.78, 5) is 12.4. The summed E-state index contributed by atoms with van der Waals surface area (Å²) in [6, 6.07) is 16.6. The minimum absolute atomic E-state index is 0.0249. The van der Waals surface area contributed by atoms with E-state index in [1.54, 1.807) is 0 Å². The molecule has 2 aliphatic carbocycles. The standard InChI is InChI=1S/C22H25NO3/c1-22(14-24)12-6-11-20(22)23-21(25)26-13-19-17-9-4-2-7-15(17)16-8-3-5-10-18(16)19/h2-5,7-10,19-20,24H,6,11-14H2,1H3,(H,23,25). The Morgan fingerprint density at radius 3 is 2.38 bits per heavy atom. The van der Waals surface area contributed by atoms with Gasteiger partial charge >= 0.3 is 6.09 Å². The Kier molecular flexibility index (Phi) is 4.45. The van der Waals surface area contributed by atoms with E-state index in [4.69, 9.17) is 4.74 Å². The lowest BCUT2D eigenvalue weighted by molar-refractivity contribution is 0.101. The third-order valence-corrected chi connectivity index (χ3v) is 6.08. The Morgan fingerprint density at radius 1 is 1.15 bits per heavy atom. The first-order chi connectivity index (χ1) is 12.6. The number of amides is 1. The van der Waals surface area contributed by atoms with Crippen LogP contribution in [0.25, 0.3) is 11.1 Å². The second-order valence-corrected chi connectivity index (χ2v) is 7.73. The lowest BCUT2D eigenvalue weighted by atomic mass is 9.86. The van der Waals surface area contributed by atoms with E-state index in [9.17, 15) is 9.90 Å². The molecule has 2 unspecified atom stereocenters. The molecule has 2 aliphatic rings. The lowest BCUT2D eigenvalue weighted by Gasteiger charge is -2.29. The van der Waals surface area contributed by atoms with Crippen LogP contribution < -0.4 is 5.32 Å². The third-order valence-electron chi connectivity index (χ3n) is 6.08. The van der Waals surface area contributed by atoms with Crippen LogP contribution in [0.4, 0.5) is 4.79 Å². The van der Waals surface area contributed by atoms with Crippen molar-refractivity contribution in [3.63, 3.8) is 0 Å². The van der Waals surface area contributed by atoms with Crippen molar-refractivity contribution in [2.75, 3.05) is 13.2 Å². The zero-order valence-corrected chi connectivity index (χ0v) is 15.1. The van der Waals surface area contributed by atoms with Crippen LogP contribution >= 0.6 is 0 Å². The van der Waals surface area contributed by atoms with Gasteiger partial charge in [0.25, 0.3) is 0 Å². The van der Waals surface area contributed by atoms with Crippen LogP contribution in [0.1, 0.15) is 43.2 Å².